The molecule has 3 heterocycles. The molecule has 3 amide bonds. The van der Waals surface area contributed by atoms with E-state index in [1.807, 2.05) is 0 Å². The summed E-state index contributed by atoms with van der Waals surface area (Å²) in [5, 5.41) is 18.5. The highest BCUT2D eigenvalue weighted by Gasteiger charge is 2.68. The Labute approximate surface area is 219 Å². The van der Waals surface area contributed by atoms with Gasteiger partial charge in [0, 0.05) is 32.1 Å². The molecule has 6 rings (SSSR count). The van der Waals surface area contributed by atoms with E-state index in [2.05, 4.69) is 0 Å². The average molecular weight is 529 g/mol. The van der Waals surface area contributed by atoms with Crippen LogP contribution in [0.5, 0.6) is 5.88 Å². The number of amidine groups is 1. The van der Waals surface area contributed by atoms with Crippen LogP contribution in [0.25, 0.3) is 0 Å². The summed E-state index contributed by atoms with van der Waals surface area (Å²) in [6.45, 7) is 2.00. The van der Waals surface area contributed by atoms with Crippen LogP contribution in [0, 0.1) is 22.7 Å². The van der Waals surface area contributed by atoms with E-state index < -0.39 is 28.5 Å². The van der Waals surface area contributed by atoms with Crippen LogP contribution >= 0.6 is 0 Å². The van der Waals surface area contributed by atoms with E-state index >= 15 is 0 Å². The predicted molar refractivity (Wildman–Crippen MR) is 136 cm³/mol. The summed E-state index contributed by atoms with van der Waals surface area (Å²) in [5.74, 6) is -0.456. The first-order valence-electron chi connectivity index (χ1n) is 13.7. The third kappa shape index (κ3) is 3.70. The van der Waals surface area contributed by atoms with E-state index in [1.54, 1.807) is 11.9 Å². The zero-order chi connectivity index (χ0) is 27.0. The van der Waals surface area contributed by atoms with Gasteiger partial charge in [0.25, 0.3) is 11.5 Å². The van der Waals surface area contributed by atoms with Crippen molar-refractivity contribution in [3.8, 4) is 5.88 Å². The maximum absolute atomic E-state index is 13.4. The number of ether oxygens (including phenoxy) is 1. The lowest BCUT2D eigenvalue weighted by molar-refractivity contribution is -0.152. The van der Waals surface area contributed by atoms with Crippen molar-refractivity contribution in [2.75, 3.05) is 26.8 Å². The number of nitrogens with one attached hydrogen (secondary N) is 1. The maximum atomic E-state index is 13.4. The van der Waals surface area contributed by atoms with E-state index in [-0.39, 0.29) is 41.4 Å². The van der Waals surface area contributed by atoms with Crippen LogP contribution in [0.15, 0.2) is 9.59 Å². The Bertz CT molecular complexity index is 1310. The zero-order valence-corrected chi connectivity index (χ0v) is 21.8. The number of hydrogen-bond acceptors (Lipinski definition) is 7. The summed E-state index contributed by atoms with van der Waals surface area (Å²) >= 11 is 0. The molecule has 0 aromatic carbocycles. The standard InChI is InChI=1S/C26H36N6O6/c1-29-22(35)26(31(23(29)36)10-16-11-38-12-16)13-25(14-26)7-4-17(5-8-25)32-21(34)18(19(27)28)20(33)30(24(32)37)9-6-15-2-3-15/h15-17,33H,2-14H2,1H3,(H3,27,28). The number of likely N-dealkylation sites (N-methyl/N-ethyl adjacent to an activating group) is 1. The fourth-order valence-electron chi connectivity index (χ4n) is 7.27. The molecule has 38 heavy (non-hydrogen) atoms. The maximum Gasteiger partial charge on any atom is 0.334 e. The van der Waals surface area contributed by atoms with E-state index in [4.69, 9.17) is 15.9 Å². The average Bonchev–Trinajstić information content (AvgIpc) is 3.63. The Hall–Kier alpha value is -3.15. The molecule has 2 spiro atoms. The molecule has 1 aromatic heterocycles. The number of carbonyl (C=O) groups is 2. The van der Waals surface area contributed by atoms with Crippen molar-refractivity contribution in [3.05, 3.63) is 26.4 Å². The minimum absolute atomic E-state index is 0.124. The highest BCUT2D eigenvalue weighted by atomic mass is 16.5. The van der Waals surface area contributed by atoms with E-state index in [0.29, 0.717) is 51.4 Å². The van der Waals surface area contributed by atoms with Gasteiger partial charge >= 0.3 is 11.7 Å². The third-order valence-electron chi connectivity index (χ3n) is 9.68. The SMILES string of the molecule is CN1C(=O)N(CC2COC2)C2(CC3(CCC(n4c(=O)c(C(=N)N)c(O)n(CCC5CC5)c4=O)CC3)C2)C1=O. The molecule has 206 valence electrons. The van der Waals surface area contributed by atoms with E-state index in [1.165, 1.54) is 14.0 Å². The summed E-state index contributed by atoms with van der Waals surface area (Å²) in [6.07, 6.45) is 6.64. The Kier molecular flexibility index (Phi) is 5.75. The number of aromatic nitrogens is 2. The Morgan fingerprint density at radius 2 is 1.74 bits per heavy atom. The number of carbonyl (C=O) groups excluding carboxylic acids is 2. The number of urea groups is 1. The van der Waals surface area contributed by atoms with Crippen molar-refractivity contribution in [1.82, 2.24) is 18.9 Å². The van der Waals surface area contributed by atoms with Crippen LogP contribution in [0.1, 0.15) is 69.4 Å². The van der Waals surface area contributed by atoms with Crippen LogP contribution in [0.3, 0.4) is 0 Å². The largest absolute Gasteiger partial charge is 0.494 e. The Morgan fingerprint density at radius 3 is 2.29 bits per heavy atom. The first-order valence-corrected chi connectivity index (χ1v) is 13.7. The van der Waals surface area contributed by atoms with Gasteiger partial charge in [-0.3, -0.25) is 29.0 Å². The normalized spacial score (nSPS) is 31.2. The van der Waals surface area contributed by atoms with Gasteiger partial charge in [0.2, 0.25) is 5.88 Å². The molecule has 0 atom stereocenters. The van der Waals surface area contributed by atoms with Crippen molar-refractivity contribution in [1.29, 1.82) is 5.41 Å². The lowest BCUT2D eigenvalue weighted by Gasteiger charge is -2.58. The molecule has 3 saturated carbocycles. The summed E-state index contributed by atoms with van der Waals surface area (Å²) in [4.78, 5) is 55.7. The predicted octanol–water partition coefficient (Wildman–Crippen LogP) is 0.974. The molecule has 3 aliphatic carbocycles. The summed E-state index contributed by atoms with van der Waals surface area (Å²) in [5.41, 5.74) is 3.13. The smallest absolute Gasteiger partial charge is 0.334 e. The minimum atomic E-state index is -0.805. The molecular weight excluding hydrogens is 492 g/mol. The van der Waals surface area contributed by atoms with Gasteiger partial charge < -0.3 is 20.5 Å². The molecule has 2 aliphatic heterocycles. The second-order valence-corrected chi connectivity index (χ2v) is 12.2. The second-order valence-electron chi connectivity index (χ2n) is 12.2. The third-order valence-corrected chi connectivity index (χ3v) is 9.68. The number of nitrogen functional groups attached to an aromatic ring is 1. The lowest BCUT2D eigenvalue weighted by Crippen LogP contribution is -2.65. The molecule has 4 N–H and O–H groups in total. The lowest BCUT2D eigenvalue weighted by atomic mass is 9.51. The molecule has 0 radical (unpaired) electrons. The van der Waals surface area contributed by atoms with Crippen molar-refractivity contribution < 1.29 is 19.4 Å². The van der Waals surface area contributed by atoms with Gasteiger partial charge in [0.1, 0.15) is 16.9 Å². The number of nitrogens with two attached hydrogens (primary N) is 1. The number of rotatable bonds is 7. The number of nitrogens with zero attached hydrogens (tertiary/aromatic N) is 4. The number of amides is 3. The van der Waals surface area contributed by atoms with Crippen molar-refractivity contribution >= 4 is 17.8 Å². The molecule has 0 unspecified atom stereocenters. The monoisotopic (exact) mass is 528 g/mol. The van der Waals surface area contributed by atoms with Crippen molar-refractivity contribution in [2.45, 2.75) is 75.9 Å². The van der Waals surface area contributed by atoms with Crippen LogP contribution in [0.2, 0.25) is 0 Å². The topological polar surface area (TPSA) is 164 Å². The quantitative estimate of drug-likeness (QED) is 0.270. The summed E-state index contributed by atoms with van der Waals surface area (Å²) in [7, 11) is 1.55. The van der Waals surface area contributed by atoms with Crippen molar-refractivity contribution in [2.24, 2.45) is 23.0 Å². The van der Waals surface area contributed by atoms with E-state index in [9.17, 15) is 24.3 Å². The summed E-state index contributed by atoms with van der Waals surface area (Å²) in [6, 6.07) is -0.626. The molecule has 5 fully saturated rings. The fourth-order valence-corrected chi connectivity index (χ4v) is 7.27. The van der Waals surface area contributed by atoms with Crippen LogP contribution in [-0.4, -0.2) is 74.2 Å². The van der Waals surface area contributed by atoms with Gasteiger partial charge in [-0.05, 0) is 56.3 Å². The van der Waals surface area contributed by atoms with Gasteiger partial charge in [-0.1, -0.05) is 12.8 Å². The van der Waals surface area contributed by atoms with Gasteiger partial charge in [0.15, 0.2) is 0 Å². The van der Waals surface area contributed by atoms with Gasteiger partial charge in [-0.25, -0.2) is 9.59 Å². The number of imide groups is 1. The van der Waals surface area contributed by atoms with Gasteiger partial charge in [-0.15, -0.1) is 0 Å². The highest BCUT2D eigenvalue weighted by molar-refractivity contribution is 6.07. The first kappa shape index (κ1) is 25.1. The second kappa shape index (κ2) is 8.69. The van der Waals surface area contributed by atoms with Crippen LogP contribution in [-0.2, 0) is 16.1 Å². The molecule has 0 bridgehead atoms. The van der Waals surface area contributed by atoms with E-state index in [0.717, 1.165) is 32.1 Å². The fraction of sp³-hybridized carbons (Fsp3) is 0.731. The number of aromatic hydroxyl groups is 1. The molecular formula is C26H36N6O6. The number of hydrogen-bond donors (Lipinski definition) is 3. The Balaban J connectivity index is 1.22. The summed E-state index contributed by atoms with van der Waals surface area (Å²) < 4.78 is 7.66. The van der Waals surface area contributed by atoms with Gasteiger partial charge in [0.05, 0.1) is 13.2 Å². The van der Waals surface area contributed by atoms with Gasteiger partial charge in [-0.2, -0.15) is 0 Å². The van der Waals surface area contributed by atoms with Crippen LogP contribution in [0.4, 0.5) is 4.79 Å². The zero-order valence-electron chi connectivity index (χ0n) is 21.8. The van der Waals surface area contributed by atoms with Crippen LogP contribution < -0.4 is 17.0 Å². The molecule has 5 aliphatic rings. The molecule has 2 saturated heterocycles. The first-order chi connectivity index (χ1) is 18.1. The molecule has 12 nitrogen and oxygen atoms in total. The van der Waals surface area contributed by atoms with Crippen molar-refractivity contribution in [3.63, 3.8) is 0 Å². The minimum Gasteiger partial charge on any atom is -0.494 e. The molecule has 1 aromatic rings. The molecule has 12 heteroatoms. The highest BCUT2D eigenvalue weighted by Crippen LogP contribution is 2.62. The Morgan fingerprint density at radius 1 is 1.08 bits per heavy atom.